The number of amides is 2. The number of carbonyl (C=O) groups excluding carboxylic acids is 2. The quantitative estimate of drug-likeness (QED) is 0.351. The molecule has 0 radical (unpaired) electrons. The fourth-order valence-electron chi connectivity index (χ4n) is 2.11. The molecule has 0 aromatic heterocycles. The highest BCUT2D eigenvalue weighted by Crippen LogP contribution is 2.16. The summed E-state index contributed by atoms with van der Waals surface area (Å²) < 4.78 is 0.798. The summed E-state index contributed by atoms with van der Waals surface area (Å²) in [6.07, 6.45) is 1.33. The van der Waals surface area contributed by atoms with Gasteiger partial charge < -0.3 is 15.7 Å². The lowest BCUT2D eigenvalue weighted by atomic mass is 10.1. The Bertz CT molecular complexity index is 881. The van der Waals surface area contributed by atoms with Gasteiger partial charge in [-0.15, -0.1) is 0 Å². The lowest BCUT2D eigenvalue weighted by Crippen LogP contribution is -2.36. The fourth-order valence-corrected chi connectivity index (χ4v) is 2.38. The topological polar surface area (TPSA) is 122 Å². The Morgan fingerprint density at radius 2 is 1.89 bits per heavy atom. The molecule has 27 heavy (non-hydrogen) atoms. The third-order valence-electron chi connectivity index (χ3n) is 3.39. The van der Waals surface area contributed by atoms with Crippen LogP contribution in [0.2, 0.25) is 0 Å². The maximum Gasteiger partial charge on any atom is 0.270 e. The molecule has 0 aliphatic carbocycles. The Morgan fingerprint density at radius 1 is 1.19 bits per heavy atom. The minimum absolute atomic E-state index is 0.000729. The number of hydrogen-bond donors (Lipinski definition) is 3. The van der Waals surface area contributed by atoms with E-state index < -0.39 is 16.7 Å². The number of benzene rings is 2. The van der Waals surface area contributed by atoms with Crippen LogP contribution in [0.5, 0.6) is 0 Å². The van der Waals surface area contributed by atoms with E-state index in [4.69, 9.17) is 5.11 Å². The van der Waals surface area contributed by atoms with Gasteiger partial charge in [0.2, 0.25) is 0 Å². The van der Waals surface area contributed by atoms with Crippen LogP contribution in [0.15, 0.2) is 58.7 Å². The van der Waals surface area contributed by atoms with E-state index in [1.165, 1.54) is 24.3 Å². The highest BCUT2D eigenvalue weighted by molar-refractivity contribution is 9.10. The summed E-state index contributed by atoms with van der Waals surface area (Å²) in [6.45, 7) is -0.268. The molecule has 3 N–H and O–H groups in total. The molecule has 0 fully saturated rings. The van der Waals surface area contributed by atoms with Crippen molar-refractivity contribution in [1.29, 1.82) is 0 Å². The zero-order valence-electron chi connectivity index (χ0n) is 14.0. The molecule has 2 aromatic carbocycles. The first kappa shape index (κ1) is 20.3. The summed E-state index contributed by atoms with van der Waals surface area (Å²) in [5.41, 5.74) is 0.461. The van der Waals surface area contributed by atoms with E-state index in [2.05, 4.69) is 26.6 Å². The molecule has 0 spiro atoms. The van der Waals surface area contributed by atoms with Gasteiger partial charge in [-0.25, -0.2) is 0 Å². The van der Waals surface area contributed by atoms with Crippen molar-refractivity contribution in [3.05, 3.63) is 79.9 Å². The number of non-ortho nitro benzene ring substituents is 1. The number of carbonyl (C=O) groups is 2. The molecular formula is C18H16BrN3O5. The van der Waals surface area contributed by atoms with Gasteiger partial charge in [-0.3, -0.25) is 19.7 Å². The second kappa shape index (κ2) is 9.60. The third-order valence-corrected chi connectivity index (χ3v) is 3.92. The molecule has 140 valence electrons. The molecule has 0 bridgehead atoms. The maximum atomic E-state index is 12.4. The second-order valence-electron chi connectivity index (χ2n) is 5.35. The molecule has 9 heteroatoms. The maximum absolute atomic E-state index is 12.4. The van der Waals surface area contributed by atoms with Crippen molar-refractivity contribution in [2.24, 2.45) is 0 Å². The van der Waals surface area contributed by atoms with Crippen LogP contribution in [0.25, 0.3) is 6.08 Å². The third kappa shape index (κ3) is 6.01. The Hall–Kier alpha value is -3.04. The average Bonchev–Trinajstić information content (AvgIpc) is 2.66. The molecule has 0 aliphatic heterocycles. The van der Waals surface area contributed by atoms with Gasteiger partial charge in [0.25, 0.3) is 17.5 Å². The number of rotatable bonds is 7. The normalized spacial score (nSPS) is 11.0. The van der Waals surface area contributed by atoms with Crippen LogP contribution in [0.4, 0.5) is 5.69 Å². The van der Waals surface area contributed by atoms with Crippen molar-refractivity contribution in [2.75, 3.05) is 13.2 Å². The number of aliphatic hydroxyl groups is 1. The van der Waals surface area contributed by atoms with Gasteiger partial charge in [0, 0.05) is 28.7 Å². The van der Waals surface area contributed by atoms with E-state index in [-0.39, 0.29) is 24.5 Å². The van der Waals surface area contributed by atoms with E-state index in [0.717, 1.165) is 4.47 Å². The molecule has 2 amide bonds. The van der Waals surface area contributed by atoms with Gasteiger partial charge in [0.1, 0.15) is 5.70 Å². The molecule has 0 saturated heterocycles. The number of nitro groups is 1. The van der Waals surface area contributed by atoms with Crippen LogP contribution in [0.1, 0.15) is 15.9 Å². The average molecular weight is 434 g/mol. The Labute approximate surface area is 163 Å². The predicted octanol–water partition coefficient (Wildman–Crippen LogP) is 2.24. The first-order chi connectivity index (χ1) is 12.9. The van der Waals surface area contributed by atoms with Gasteiger partial charge in [-0.1, -0.05) is 28.1 Å². The second-order valence-corrected chi connectivity index (χ2v) is 6.27. The predicted molar refractivity (Wildman–Crippen MR) is 103 cm³/mol. The van der Waals surface area contributed by atoms with E-state index in [1.54, 1.807) is 30.3 Å². The number of nitrogens with one attached hydrogen (secondary N) is 2. The standard InChI is InChI=1S/C18H16BrN3O5/c19-14-6-4-13(5-7-14)17(24)21-16(18(25)20-8-9-23)11-12-2-1-3-15(10-12)22(26)27/h1-7,10-11,23H,8-9H2,(H,20,25)(H,21,24)/b16-11-. The van der Waals surface area contributed by atoms with Gasteiger partial charge in [-0.05, 0) is 35.9 Å². The van der Waals surface area contributed by atoms with Crippen molar-refractivity contribution in [2.45, 2.75) is 0 Å². The van der Waals surface area contributed by atoms with Crippen LogP contribution >= 0.6 is 15.9 Å². The first-order valence-corrected chi connectivity index (χ1v) is 8.62. The van der Waals surface area contributed by atoms with E-state index >= 15 is 0 Å². The smallest absolute Gasteiger partial charge is 0.270 e. The first-order valence-electron chi connectivity index (χ1n) is 7.83. The summed E-state index contributed by atoms with van der Waals surface area (Å²) in [4.78, 5) is 35.1. The summed E-state index contributed by atoms with van der Waals surface area (Å²) in [5, 5.41) is 24.7. The lowest BCUT2D eigenvalue weighted by molar-refractivity contribution is -0.384. The lowest BCUT2D eigenvalue weighted by Gasteiger charge is -2.11. The molecule has 0 unspecified atom stereocenters. The van der Waals surface area contributed by atoms with Crippen LogP contribution in [0, 0.1) is 10.1 Å². The van der Waals surface area contributed by atoms with Gasteiger partial charge in [-0.2, -0.15) is 0 Å². The van der Waals surface area contributed by atoms with Crippen molar-refractivity contribution in [3.63, 3.8) is 0 Å². The number of hydrogen-bond acceptors (Lipinski definition) is 5. The minimum atomic E-state index is -0.624. The van der Waals surface area contributed by atoms with E-state index in [9.17, 15) is 19.7 Å². The molecule has 0 heterocycles. The summed E-state index contributed by atoms with van der Waals surface area (Å²) >= 11 is 3.27. The molecule has 8 nitrogen and oxygen atoms in total. The Morgan fingerprint density at radius 3 is 2.52 bits per heavy atom. The van der Waals surface area contributed by atoms with Crippen LogP contribution in [-0.4, -0.2) is 35.0 Å². The molecule has 0 saturated carbocycles. The molecule has 0 aliphatic rings. The van der Waals surface area contributed by atoms with Crippen LogP contribution in [-0.2, 0) is 4.79 Å². The monoisotopic (exact) mass is 433 g/mol. The molecular weight excluding hydrogens is 418 g/mol. The number of nitro benzene ring substituents is 1. The minimum Gasteiger partial charge on any atom is -0.395 e. The van der Waals surface area contributed by atoms with Crippen molar-refractivity contribution >= 4 is 39.5 Å². The van der Waals surface area contributed by atoms with Crippen LogP contribution < -0.4 is 10.6 Å². The molecule has 2 aromatic rings. The zero-order chi connectivity index (χ0) is 19.8. The SMILES string of the molecule is O=C(NCCO)/C(=C/c1cccc([N+](=O)[O-])c1)NC(=O)c1ccc(Br)cc1. The Kier molecular flexibility index (Phi) is 7.21. The highest BCUT2D eigenvalue weighted by atomic mass is 79.9. The van der Waals surface area contributed by atoms with Gasteiger partial charge >= 0.3 is 0 Å². The van der Waals surface area contributed by atoms with Crippen molar-refractivity contribution in [1.82, 2.24) is 10.6 Å². The van der Waals surface area contributed by atoms with Crippen molar-refractivity contribution < 1.29 is 19.6 Å². The number of halogens is 1. The van der Waals surface area contributed by atoms with Crippen molar-refractivity contribution in [3.8, 4) is 0 Å². The largest absolute Gasteiger partial charge is 0.395 e. The number of aliphatic hydroxyl groups excluding tert-OH is 1. The Balaban J connectivity index is 2.31. The highest BCUT2D eigenvalue weighted by Gasteiger charge is 2.15. The van der Waals surface area contributed by atoms with E-state index in [1.807, 2.05) is 0 Å². The molecule has 0 atom stereocenters. The number of nitrogens with zero attached hydrogens (tertiary/aromatic N) is 1. The summed E-state index contributed by atoms with van der Waals surface area (Å²) in [7, 11) is 0. The van der Waals surface area contributed by atoms with E-state index in [0.29, 0.717) is 11.1 Å². The molecule has 2 rings (SSSR count). The zero-order valence-corrected chi connectivity index (χ0v) is 15.6. The van der Waals surface area contributed by atoms with Crippen LogP contribution in [0.3, 0.4) is 0 Å². The summed E-state index contributed by atoms with van der Waals surface area (Å²) in [6, 6.07) is 12.2. The fraction of sp³-hybridized carbons (Fsp3) is 0.111. The summed E-state index contributed by atoms with van der Waals surface area (Å²) in [5.74, 6) is -1.14. The van der Waals surface area contributed by atoms with Gasteiger partial charge in [0.05, 0.1) is 11.5 Å². The van der Waals surface area contributed by atoms with Gasteiger partial charge in [0.15, 0.2) is 0 Å².